The lowest BCUT2D eigenvalue weighted by molar-refractivity contribution is 0.322. The predicted molar refractivity (Wildman–Crippen MR) is 109 cm³/mol. The predicted octanol–water partition coefficient (Wildman–Crippen LogP) is 2.63. The van der Waals surface area contributed by atoms with Gasteiger partial charge in [-0.25, -0.2) is 0 Å². The number of ether oxygens (including phenoxy) is 1. The number of nitrogens with zero attached hydrogens (tertiary/aromatic N) is 1. The van der Waals surface area contributed by atoms with Crippen LogP contribution in [0.25, 0.3) is 0 Å². The molecule has 0 saturated heterocycles. The first kappa shape index (κ1) is 22.0. The minimum Gasteiger partial charge on any atom is -0.492 e. The molecule has 132 valence electrons. The molecule has 5 nitrogen and oxygen atoms in total. The van der Waals surface area contributed by atoms with E-state index < -0.39 is 0 Å². The highest BCUT2D eigenvalue weighted by molar-refractivity contribution is 14.0. The number of halogens is 1. The van der Waals surface area contributed by atoms with Crippen LogP contribution in [0.5, 0.6) is 5.75 Å². The zero-order chi connectivity index (χ0) is 16.3. The van der Waals surface area contributed by atoms with Crippen molar-refractivity contribution in [2.24, 2.45) is 4.99 Å². The maximum Gasteiger partial charge on any atom is 0.191 e. The molecule has 3 N–H and O–H groups in total. The molecular formula is C17H31IN4O. The summed E-state index contributed by atoms with van der Waals surface area (Å²) < 4.78 is 5.65. The Morgan fingerprint density at radius 3 is 2.39 bits per heavy atom. The van der Waals surface area contributed by atoms with Gasteiger partial charge >= 0.3 is 0 Å². The molecule has 0 spiro atoms. The molecule has 0 aliphatic carbocycles. The highest BCUT2D eigenvalue weighted by Gasteiger charge is 2.07. The number of hydrogen-bond acceptors (Lipinski definition) is 3. The monoisotopic (exact) mass is 434 g/mol. The van der Waals surface area contributed by atoms with Crippen molar-refractivity contribution < 1.29 is 4.74 Å². The van der Waals surface area contributed by atoms with Gasteiger partial charge in [0.1, 0.15) is 12.4 Å². The summed E-state index contributed by atoms with van der Waals surface area (Å²) in [6, 6.07) is 9.83. The standard InChI is InChI=1S/C17H30N4O.HI/c1-5-18-16(19-11-12-21-17(2,3)4)20-13-14-22-15-9-7-6-8-10-15;/h6-10,21H,5,11-14H2,1-4H3,(H2,18,19,20);1H. The lowest BCUT2D eigenvalue weighted by atomic mass is 10.1. The Balaban J connectivity index is 0.00000484. The van der Waals surface area contributed by atoms with Crippen LogP contribution >= 0.6 is 24.0 Å². The maximum atomic E-state index is 5.65. The van der Waals surface area contributed by atoms with Crippen molar-refractivity contribution in [2.75, 3.05) is 32.8 Å². The van der Waals surface area contributed by atoms with Gasteiger partial charge in [0.25, 0.3) is 0 Å². The smallest absolute Gasteiger partial charge is 0.191 e. The van der Waals surface area contributed by atoms with Gasteiger partial charge in [-0.2, -0.15) is 0 Å². The summed E-state index contributed by atoms with van der Waals surface area (Å²) in [5, 5.41) is 9.93. The molecule has 1 aromatic carbocycles. The first-order valence-corrected chi connectivity index (χ1v) is 7.96. The summed E-state index contributed by atoms with van der Waals surface area (Å²) in [6.45, 7) is 12.3. The highest BCUT2D eigenvalue weighted by Crippen LogP contribution is 2.07. The van der Waals surface area contributed by atoms with Crippen molar-refractivity contribution in [3.8, 4) is 5.75 Å². The van der Waals surface area contributed by atoms with Crippen LogP contribution in [0, 0.1) is 0 Å². The van der Waals surface area contributed by atoms with Crippen LogP contribution < -0.4 is 20.7 Å². The second kappa shape index (κ2) is 12.4. The number of benzene rings is 1. The Bertz CT molecular complexity index is 432. The van der Waals surface area contributed by atoms with E-state index in [1.54, 1.807) is 0 Å². The van der Waals surface area contributed by atoms with E-state index in [0.717, 1.165) is 31.3 Å². The van der Waals surface area contributed by atoms with E-state index in [9.17, 15) is 0 Å². The molecule has 6 heteroatoms. The fraction of sp³-hybridized carbons (Fsp3) is 0.588. The topological polar surface area (TPSA) is 57.7 Å². The second-order valence-corrected chi connectivity index (χ2v) is 6.03. The van der Waals surface area contributed by atoms with Crippen LogP contribution in [0.15, 0.2) is 35.3 Å². The van der Waals surface area contributed by atoms with Crippen LogP contribution in [0.1, 0.15) is 27.7 Å². The second-order valence-electron chi connectivity index (χ2n) is 6.03. The van der Waals surface area contributed by atoms with Gasteiger partial charge in [-0.3, -0.25) is 4.99 Å². The lowest BCUT2D eigenvalue weighted by Gasteiger charge is -2.20. The maximum absolute atomic E-state index is 5.65. The first-order chi connectivity index (χ1) is 10.5. The van der Waals surface area contributed by atoms with Gasteiger partial charge in [-0.05, 0) is 39.8 Å². The summed E-state index contributed by atoms with van der Waals surface area (Å²) in [4.78, 5) is 4.54. The molecule has 0 amide bonds. The van der Waals surface area contributed by atoms with Gasteiger partial charge in [0.05, 0.1) is 13.1 Å². The number of para-hydroxylation sites is 1. The van der Waals surface area contributed by atoms with Crippen LogP contribution in [0.4, 0.5) is 0 Å². The summed E-state index contributed by atoms with van der Waals surface area (Å²) in [6.07, 6.45) is 0. The van der Waals surface area contributed by atoms with E-state index in [-0.39, 0.29) is 29.5 Å². The van der Waals surface area contributed by atoms with Crippen molar-refractivity contribution in [2.45, 2.75) is 33.2 Å². The molecular weight excluding hydrogens is 403 g/mol. The Morgan fingerprint density at radius 1 is 1.09 bits per heavy atom. The molecule has 0 aliphatic rings. The fourth-order valence-electron chi connectivity index (χ4n) is 1.80. The van der Waals surface area contributed by atoms with Gasteiger partial charge in [0, 0.05) is 18.6 Å². The third kappa shape index (κ3) is 12.1. The largest absolute Gasteiger partial charge is 0.492 e. The Morgan fingerprint density at radius 2 is 1.78 bits per heavy atom. The SMILES string of the molecule is CCNC(=NCCNC(C)(C)C)NCCOc1ccccc1.I. The Hall–Kier alpha value is -1.02. The molecule has 0 saturated carbocycles. The number of rotatable bonds is 8. The van der Waals surface area contributed by atoms with Crippen LogP contribution in [-0.4, -0.2) is 44.3 Å². The molecule has 0 fully saturated rings. The molecule has 0 atom stereocenters. The van der Waals surface area contributed by atoms with Gasteiger partial charge in [-0.1, -0.05) is 18.2 Å². The zero-order valence-corrected chi connectivity index (χ0v) is 17.0. The van der Waals surface area contributed by atoms with Crippen molar-refractivity contribution in [1.29, 1.82) is 0 Å². The highest BCUT2D eigenvalue weighted by atomic mass is 127. The van der Waals surface area contributed by atoms with Gasteiger partial charge < -0.3 is 20.7 Å². The normalized spacial score (nSPS) is 11.6. The summed E-state index contributed by atoms with van der Waals surface area (Å²) in [5.74, 6) is 1.72. The van der Waals surface area contributed by atoms with E-state index >= 15 is 0 Å². The number of guanidine groups is 1. The van der Waals surface area contributed by atoms with Crippen molar-refractivity contribution >= 4 is 29.9 Å². The first-order valence-electron chi connectivity index (χ1n) is 7.96. The van der Waals surface area contributed by atoms with Gasteiger partial charge in [0.15, 0.2) is 5.96 Å². The lowest BCUT2D eigenvalue weighted by Crippen LogP contribution is -2.41. The fourth-order valence-corrected chi connectivity index (χ4v) is 1.80. The summed E-state index contributed by atoms with van der Waals surface area (Å²) in [7, 11) is 0. The van der Waals surface area contributed by atoms with E-state index in [1.807, 2.05) is 30.3 Å². The van der Waals surface area contributed by atoms with Crippen molar-refractivity contribution in [1.82, 2.24) is 16.0 Å². The average Bonchev–Trinajstić information content (AvgIpc) is 2.48. The minimum atomic E-state index is 0. The van der Waals surface area contributed by atoms with E-state index in [2.05, 4.69) is 48.6 Å². The van der Waals surface area contributed by atoms with Gasteiger partial charge in [-0.15, -0.1) is 24.0 Å². The van der Waals surface area contributed by atoms with Crippen molar-refractivity contribution in [3.63, 3.8) is 0 Å². The van der Waals surface area contributed by atoms with Gasteiger partial charge in [0.2, 0.25) is 0 Å². The quantitative estimate of drug-likeness (QED) is 0.255. The van der Waals surface area contributed by atoms with E-state index in [0.29, 0.717) is 13.2 Å². The van der Waals surface area contributed by atoms with Crippen LogP contribution in [-0.2, 0) is 0 Å². The zero-order valence-electron chi connectivity index (χ0n) is 14.7. The summed E-state index contributed by atoms with van der Waals surface area (Å²) >= 11 is 0. The third-order valence-electron chi connectivity index (χ3n) is 2.79. The van der Waals surface area contributed by atoms with E-state index in [1.165, 1.54) is 0 Å². The number of hydrogen-bond donors (Lipinski definition) is 3. The molecule has 1 aromatic rings. The number of aliphatic imine (C=N–C) groups is 1. The van der Waals surface area contributed by atoms with Crippen LogP contribution in [0.2, 0.25) is 0 Å². The molecule has 0 aromatic heterocycles. The average molecular weight is 434 g/mol. The van der Waals surface area contributed by atoms with E-state index in [4.69, 9.17) is 4.74 Å². The molecule has 0 bridgehead atoms. The molecule has 0 aliphatic heterocycles. The molecule has 23 heavy (non-hydrogen) atoms. The molecule has 1 rings (SSSR count). The Kier molecular flexibility index (Phi) is 11.9. The van der Waals surface area contributed by atoms with Crippen molar-refractivity contribution in [3.05, 3.63) is 30.3 Å². The molecule has 0 unspecified atom stereocenters. The Labute approximate surface area is 157 Å². The minimum absolute atomic E-state index is 0. The molecule has 0 heterocycles. The summed E-state index contributed by atoms with van der Waals surface area (Å²) in [5.41, 5.74) is 0.130. The number of nitrogens with one attached hydrogen (secondary N) is 3. The third-order valence-corrected chi connectivity index (χ3v) is 2.79. The van der Waals surface area contributed by atoms with Crippen LogP contribution in [0.3, 0.4) is 0 Å². The molecule has 0 radical (unpaired) electrons.